The number of piperazine rings is 1. The zero-order valence-corrected chi connectivity index (χ0v) is 25.2. The molecule has 0 N–H and O–H groups in total. The minimum Gasteiger partial charge on any atom is -0.494 e. The van der Waals surface area contributed by atoms with E-state index in [2.05, 4.69) is 53.4 Å². The molecule has 0 unspecified atom stereocenters. The van der Waals surface area contributed by atoms with Crippen LogP contribution >= 0.6 is 0 Å². The van der Waals surface area contributed by atoms with Gasteiger partial charge < -0.3 is 9.64 Å². The molecule has 4 aromatic carbocycles. The number of ether oxygens (including phenoxy) is 1. The maximum atomic E-state index is 13.7. The van der Waals surface area contributed by atoms with Crippen molar-refractivity contribution in [3.8, 4) is 5.75 Å². The Kier molecular flexibility index (Phi) is 9.43. The zero-order valence-electron chi connectivity index (χ0n) is 24.4. The quantitative estimate of drug-likeness (QED) is 0.232. The van der Waals surface area contributed by atoms with Crippen LogP contribution in [0.5, 0.6) is 5.75 Å². The fourth-order valence-electron chi connectivity index (χ4n) is 5.54. The summed E-state index contributed by atoms with van der Waals surface area (Å²) in [6.45, 7) is 4.68. The summed E-state index contributed by atoms with van der Waals surface area (Å²) in [5, 5.41) is 0. The van der Waals surface area contributed by atoms with Crippen LogP contribution < -0.4 is 9.04 Å². The summed E-state index contributed by atoms with van der Waals surface area (Å²) < 4.78 is 46.1. The van der Waals surface area contributed by atoms with E-state index in [0.717, 1.165) is 6.26 Å². The van der Waals surface area contributed by atoms with Gasteiger partial charge in [-0.05, 0) is 60.5 Å². The molecule has 0 atom stereocenters. The monoisotopic (exact) mass is 601 g/mol. The lowest BCUT2D eigenvalue weighted by Gasteiger charge is -2.40. The lowest BCUT2D eigenvalue weighted by atomic mass is 9.96. The van der Waals surface area contributed by atoms with Crippen molar-refractivity contribution in [3.05, 3.63) is 131 Å². The molecule has 0 radical (unpaired) electrons. The van der Waals surface area contributed by atoms with Crippen LogP contribution in [0.1, 0.15) is 40.0 Å². The lowest BCUT2D eigenvalue weighted by molar-refractivity contribution is 0.0597. The van der Waals surface area contributed by atoms with Crippen LogP contribution in [-0.2, 0) is 16.6 Å². The summed E-state index contributed by atoms with van der Waals surface area (Å²) in [5.74, 6) is -0.0837. The van der Waals surface area contributed by atoms with Gasteiger partial charge >= 0.3 is 0 Å². The van der Waals surface area contributed by atoms with Gasteiger partial charge in [0.2, 0.25) is 10.0 Å². The predicted octanol–water partition coefficient (Wildman–Crippen LogP) is 5.74. The number of halogens is 1. The van der Waals surface area contributed by atoms with Gasteiger partial charge in [-0.15, -0.1) is 0 Å². The first kappa shape index (κ1) is 30.3. The molecule has 0 spiro atoms. The van der Waals surface area contributed by atoms with Crippen molar-refractivity contribution in [1.29, 1.82) is 0 Å². The highest BCUT2D eigenvalue weighted by Crippen LogP contribution is 2.31. The average molecular weight is 602 g/mol. The van der Waals surface area contributed by atoms with Gasteiger partial charge in [0.15, 0.2) is 0 Å². The van der Waals surface area contributed by atoms with Crippen molar-refractivity contribution in [2.45, 2.75) is 19.5 Å². The van der Waals surface area contributed by atoms with Gasteiger partial charge in [-0.2, -0.15) is 0 Å². The molecule has 7 nitrogen and oxygen atoms in total. The summed E-state index contributed by atoms with van der Waals surface area (Å²) in [4.78, 5) is 18.0. The molecule has 224 valence electrons. The molecule has 1 aliphatic rings. The topological polar surface area (TPSA) is 70.2 Å². The van der Waals surface area contributed by atoms with E-state index in [4.69, 9.17) is 4.74 Å². The Morgan fingerprint density at radius 3 is 1.98 bits per heavy atom. The highest BCUT2D eigenvalue weighted by atomic mass is 32.2. The third kappa shape index (κ3) is 7.24. The van der Waals surface area contributed by atoms with E-state index in [1.807, 2.05) is 24.0 Å². The Hall–Kier alpha value is -4.21. The standard InChI is InChI=1S/C34H36FN3O4S/c1-3-42-32-19-14-28(24-29(32)25-38(43(2,40)41)31-17-15-30(35)16-18-31)34(39)37-22-20-36(21-23-37)33(26-10-6-4-7-11-26)27-12-8-5-9-13-27/h4-19,24,33H,3,20-23,25H2,1-2H3. The van der Waals surface area contributed by atoms with E-state index in [1.54, 1.807) is 18.2 Å². The van der Waals surface area contributed by atoms with Gasteiger partial charge in [0.05, 0.1) is 31.1 Å². The molecule has 43 heavy (non-hydrogen) atoms. The fourth-order valence-corrected chi connectivity index (χ4v) is 6.42. The Morgan fingerprint density at radius 2 is 1.44 bits per heavy atom. The number of carbonyl (C=O) groups excluding carboxylic acids is 1. The molecule has 0 aliphatic carbocycles. The summed E-state index contributed by atoms with van der Waals surface area (Å²) in [6, 6.07) is 31.3. The lowest BCUT2D eigenvalue weighted by Crippen LogP contribution is -2.49. The maximum absolute atomic E-state index is 13.7. The Morgan fingerprint density at radius 1 is 0.860 bits per heavy atom. The van der Waals surface area contributed by atoms with E-state index >= 15 is 0 Å². The second-order valence-electron chi connectivity index (χ2n) is 10.6. The van der Waals surface area contributed by atoms with Gasteiger partial charge in [0.25, 0.3) is 5.91 Å². The Labute approximate surface area is 253 Å². The Balaban J connectivity index is 1.36. The highest BCUT2D eigenvalue weighted by Gasteiger charge is 2.29. The minimum absolute atomic E-state index is 0.0650. The van der Waals surface area contributed by atoms with Crippen molar-refractivity contribution in [1.82, 2.24) is 9.80 Å². The molecule has 5 rings (SSSR count). The number of rotatable bonds is 10. The van der Waals surface area contributed by atoms with Crippen LogP contribution in [0.3, 0.4) is 0 Å². The zero-order chi connectivity index (χ0) is 30.4. The van der Waals surface area contributed by atoms with Crippen LogP contribution in [0.25, 0.3) is 0 Å². The highest BCUT2D eigenvalue weighted by molar-refractivity contribution is 7.92. The second-order valence-corrected chi connectivity index (χ2v) is 12.5. The van der Waals surface area contributed by atoms with Gasteiger partial charge in [-0.1, -0.05) is 60.7 Å². The third-order valence-corrected chi connectivity index (χ3v) is 8.77. The van der Waals surface area contributed by atoms with Crippen molar-refractivity contribution < 1.29 is 22.3 Å². The molecule has 4 aromatic rings. The van der Waals surface area contributed by atoms with E-state index in [-0.39, 0.29) is 18.5 Å². The number of hydrogen-bond acceptors (Lipinski definition) is 5. The first-order chi connectivity index (χ1) is 20.7. The normalized spacial score (nSPS) is 14.1. The van der Waals surface area contributed by atoms with Gasteiger partial charge in [0, 0.05) is 37.3 Å². The summed E-state index contributed by atoms with van der Waals surface area (Å²) in [7, 11) is -3.72. The van der Waals surface area contributed by atoms with E-state index in [0.29, 0.717) is 55.3 Å². The Bertz CT molecular complexity index is 1590. The molecule has 1 saturated heterocycles. The van der Waals surface area contributed by atoms with Crippen LogP contribution in [0.2, 0.25) is 0 Å². The number of hydrogen-bond donors (Lipinski definition) is 0. The summed E-state index contributed by atoms with van der Waals surface area (Å²) in [6.07, 6.45) is 1.10. The smallest absolute Gasteiger partial charge is 0.253 e. The molecule has 0 bridgehead atoms. The molecule has 1 amide bonds. The number of benzene rings is 4. The van der Waals surface area contributed by atoms with E-state index < -0.39 is 15.8 Å². The second kappa shape index (κ2) is 13.4. The van der Waals surface area contributed by atoms with E-state index in [1.165, 1.54) is 39.7 Å². The molecular formula is C34H36FN3O4S. The predicted molar refractivity (Wildman–Crippen MR) is 167 cm³/mol. The first-order valence-corrected chi connectivity index (χ1v) is 16.2. The SMILES string of the molecule is CCOc1ccc(C(=O)N2CCN(C(c3ccccc3)c3ccccc3)CC2)cc1CN(c1ccc(F)cc1)S(C)(=O)=O. The average Bonchev–Trinajstić information content (AvgIpc) is 3.02. The van der Waals surface area contributed by atoms with Gasteiger partial charge in [-0.3, -0.25) is 14.0 Å². The number of carbonyl (C=O) groups is 1. The molecule has 0 aromatic heterocycles. The largest absolute Gasteiger partial charge is 0.494 e. The van der Waals surface area contributed by atoms with Crippen molar-refractivity contribution in [2.75, 3.05) is 43.3 Å². The number of sulfonamides is 1. The molecule has 0 saturated carbocycles. The third-order valence-electron chi connectivity index (χ3n) is 7.63. The molecule has 1 aliphatic heterocycles. The number of amides is 1. The van der Waals surface area contributed by atoms with Crippen molar-refractivity contribution in [2.24, 2.45) is 0 Å². The first-order valence-electron chi connectivity index (χ1n) is 14.4. The van der Waals surface area contributed by atoms with E-state index in [9.17, 15) is 17.6 Å². The number of anilines is 1. The van der Waals surface area contributed by atoms with Crippen LogP contribution in [0, 0.1) is 5.82 Å². The van der Waals surface area contributed by atoms with Gasteiger partial charge in [0.1, 0.15) is 11.6 Å². The van der Waals surface area contributed by atoms with Crippen LogP contribution in [0.4, 0.5) is 10.1 Å². The summed E-state index contributed by atoms with van der Waals surface area (Å²) >= 11 is 0. The molecule has 1 heterocycles. The molecule has 1 fully saturated rings. The fraction of sp³-hybridized carbons (Fsp3) is 0.265. The maximum Gasteiger partial charge on any atom is 0.253 e. The minimum atomic E-state index is -3.72. The number of nitrogens with zero attached hydrogens (tertiary/aromatic N) is 3. The van der Waals surface area contributed by atoms with Crippen molar-refractivity contribution >= 4 is 21.6 Å². The molecular weight excluding hydrogens is 565 g/mol. The van der Waals surface area contributed by atoms with Gasteiger partial charge in [-0.25, -0.2) is 12.8 Å². The van der Waals surface area contributed by atoms with Crippen LogP contribution in [-0.4, -0.2) is 63.2 Å². The van der Waals surface area contributed by atoms with Crippen molar-refractivity contribution in [3.63, 3.8) is 0 Å². The van der Waals surface area contributed by atoms with Crippen LogP contribution in [0.15, 0.2) is 103 Å². The summed E-state index contributed by atoms with van der Waals surface area (Å²) in [5.41, 5.74) is 3.75. The molecule has 9 heteroatoms.